The van der Waals surface area contributed by atoms with E-state index in [4.69, 9.17) is 0 Å². The Kier molecular flexibility index (Phi) is 3.50. The minimum atomic E-state index is 0. The first kappa shape index (κ1) is 14.2. The largest absolute Gasteiger partial charge is 0.508 e. The number of piperidine rings is 1. The van der Waals surface area contributed by atoms with Crippen LogP contribution in [-0.4, -0.2) is 29.6 Å². The average molecular weight is 294 g/mol. The molecule has 110 valence electrons. The Morgan fingerprint density at radius 2 is 2.10 bits per heavy atom. The van der Waals surface area contributed by atoms with Gasteiger partial charge >= 0.3 is 0 Å². The molecule has 0 amide bonds. The van der Waals surface area contributed by atoms with Gasteiger partial charge in [0.25, 0.3) is 0 Å². The molecule has 0 unspecified atom stereocenters. The lowest BCUT2D eigenvalue weighted by Crippen LogP contribution is -2.59. The van der Waals surface area contributed by atoms with Crippen LogP contribution in [0.4, 0.5) is 0 Å². The topological polar surface area (TPSA) is 23.5 Å². The van der Waals surface area contributed by atoms with Gasteiger partial charge in [-0.05, 0) is 68.5 Å². The van der Waals surface area contributed by atoms with Crippen LogP contribution >= 0.6 is 12.4 Å². The number of halogens is 1. The van der Waals surface area contributed by atoms with Gasteiger partial charge in [-0.2, -0.15) is 0 Å². The Morgan fingerprint density at radius 1 is 1.25 bits per heavy atom. The van der Waals surface area contributed by atoms with Gasteiger partial charge in [-0.1, -0.05) is 18.9 Å². The van der Waals surface area contributed by atoms with Gasteiger partial charge in [0, 0.05) is 11.5 Å². The van der Waals surface area contributed by atoms with Gasteiger partial charge in [0.05, 0.1) is 0 Å². The molecule has 0 spiro atoms. The standard InChI is InChI=1S/C17H23NO.ClH/c1-18-9-8-17-7-3-2-4-14(17)16(18)10-12-5-6-13(19)11-15(12)17;/h5-6,11,14,16,19H,2-4,7-10H2,1H3;1H/t14-,16-,17+;/m1./s1. The molecule has 4 rings (SSSR count). The molecule has 1 aromatic carbocycles. The summed E-state index contributed by atoms with van der Waals surface area (Å²) in [6.07, 6.45) is 7.93. The molecule has 2 aliphatic carbocycles. The lowest BCUT2D eigenvalue weighted by Gasteiger charge is -2.58. The summed E-state index contributed by atoms with van der Waals surface area (Å²) >= 11 is 0. The van der Waals surface area contributed by atoms with Crippen molar-refractivity contribution in [2.75, 3.05) is 13.6 Å². The van der Waals surface area contributed by atoms with E-state index in [2.05, 4.69) is 24.1 Å². The van der Waals surface area contributed by atoms with Crippen LogP contribution in [0, 0.1) is 5.92 Å². The van der Waals surface area contributed by atoms with Gasteiger partial charge in [0.2, 0.25) is 0 Å². The number of fused-ring (bicyclic) bond motifs is 1. The maximum atomic E-state index is 9.91. The van der Waals surface area contributed by atoms with E-state index in [0.717, 1.165) is 12.0 Å². The number of likely N-dealkylation sites (N-methyl/N-ethyl adjacent to an activating group) is 1. The number of rotatable bonds is 0. The van der Waals surface area contributed by atoms with E-state index in [1.165, 1.54) is 56.2 Å². The summed E-state index contributed by atoms with van der Waals surface area (Å²) in [6, 6.07) is 6.85. The van der Waals surface area contributed by atoms with Crippen LogP contribution in [0.1, 0.15) is 43.2 Å². The molecular formula is C17H24ClNO. The van der Waals surface area contributed by atoms with Gasteiger partial charge in [0.1, 0.15) is 5.75 Å². The van der Waals surface area contributed by atoms with Crippen LogP contribution in [0.5, 0.6) is 5.75 Å². The SMILES string of the molecule is CN1CC[C@@]23CCCC[C@@H]2[C@H]1Cc1ccc(O)cc13.Cl. The third-order valence-corrected chi connectivity index (χ3v) is 6.10. The number of aromatic hydroxyl groups is 1. The Bertz CT molecular complexity index is 518. The second-order valence-electron chi connectivity index (χ2n) is 6.85. The van der Waals surface area contributed by atoms with E-state index in [-0.39, 0.29) is 12.4 Å². The van der Waals surface area contributed by atoms with Crippen molar-refractivity contribution in [1.29, 1.82) is 0 Å². The molecule has 0 aromatic heterocycles. The second kappa shape index (κ2) is 4.92. The molecule has 1 N–H and O–H groups in total. The van der Waals surface area contributed by atoms with E-state index in [9.17, 15) is 5.11 Å². The van der Waals surface area contributed by atoms with Crippen LogP contribution < -0.4 is 0 Å². The predicted octanol–water partition coefficient (Wildman–Crippen LogP) is 3.50. The second-order valence-corrected chi connectivity index (χ2v) is 6.85. The molecule has 1 saturated carbocycles. The van der Waals surface area contributed by atoms with E-state index in [0.29, 0.717) is 11.2 Å². The smallest absolute Gasteiger partial charge is 0.115 e. The first-order valence-corrected chi connectivity index (χ1v) is 7.73. The summed E-state index contributed by atoms with van der Waals surface area (Å²) in [4.78, 5) is 2.59. The van der Waals surface area contributed by atoms with E-state index >= 15 is 0 Å². The molecule has 2 fully saturated rings. The van der Waals surface area contributed by atoms with Crippen LogP contribution in [-0.2, 0) is 11.8 Å². The fourth-order valence-corrected chi connectivity index (χ4v) is 5.18. The van der Waals surface area contributed by atoms with Gasteiger partial charge in [-0.25, -0.2) is 0 Å². The quantitative estimate of drug-likeness (QED) is 0.791. The summed E-state index contributed by atoms with van der Waals surface area (Å²) < 4.78 is 0. The number of likely N-dealkylation sites (tertiary alicyclic amines) is 1. The number of phenols is 1. The zero-order chi connectivity index (χ0) is 13.0. The maximum Gasteiger partial charge on any atom is 0.115 e. The number of benzene rings is 1. The van der Waals surface area contributed by atoms with Crippen LogP contribution in [0.3, 0.4) is 0 Å². The lowest BCUT2D eigenvalue weighted by molar-refractivity contribution is 0.00274. The number of hydrogen-bond donors (Lipinski definition) is 1. The predicted molar refractivity (Wildman–Crippen MR) is 83.7 cm³/mol. The zero-order valence-electron chi connectivity index (χ0n) is 12.1. The highest BCUT2D eigenvalue weighted by Gasteiger charge is 2.52. The zero-order valence-corrected chi connectivity index (χ0v) is 13.0. The van der Waals surface area contributed by atoms with Crippen molar-refractivity contribution in [3.63, 3.8) is 0 Å². The molecule has 1 aliphatic heterocycles. The molecule has 2 bridgehead atoms. The molecule has 3 atom stereocenters. The molecule has 1 heterocycles. The molecule has 1 aromatic rings. The highest BCUT2D eigenvalue weighted by Crippen LogP contribution is 2.55. The summed E-state index contributed by atoms with van der Waals surface area (Å²) in [5, 5.41) is 9.91. The molecule has 2 nitrogen and oxygen atoms in total. The molecule has 0 radical (unpaired) electrons. The lowest BCUT2D eigenvalue weighted by atomic mass is 9.52. The highest BCUT2D eigenvalue weighted by molar-refractivity contribution is 5.85. The van der Waals surface area contributed by atoms with E-state index in [1.807, 2.05) is 6.07 Å². The first-order chi connectivity index (χ1) is 9.21. The Balaban J connectivity index is 0.00000121. The summed E-state index contributed by atoms with van der Waals surface area (Å²) in [6.45, 7) is 1.22. The van der Waals surface area contributed by atoms with E-state index < -0.39 is 0 Å². The summed E-state index contributed by atoms with van der Waals surface area (Å²) in [7, 11) is 2.30. The van der Waals surface area contributed by atoms with Crippen molar-refractivity contribution in [3.05, 3.63) is 29.3 Å². The number of nitrogens with zero attached hydrogens (tertiary/aromatic N) is 1. The van der Waals surface area contributed by atoms with Crippen molar-refractivity contribution < 1.29 is 5.11 Å². The highest BCUT2D eigenvalue weighted by atomic mass is 35.5. The van der Waals surface area contributed by atoms with Crippen molar-refractivity contribution in [2.24, 2.45) is 5.92 Å². The number of hydrogen-bond acceptors (Lipinski definition) is 2. The Hall–Kier alpha value is -0.730. The third-order valence-electron chi connectivity index (χ3n) is 6.10. The van der Waals surface area contributed by atoms with Crippen molar-refractivity contribution in [1.82, 2.24) is 4.90 Å². The number of phenolic OH excluding ortho intramolecular Hbond substituents is 1. The van der Waals surface area contributed by atoms with Crippen LogP contribution in [0.25, 0.3) is 0 Å². The monoisotopic (exact) mass is 293 g/mol. The molecule has 20 heavy (non-hydrogen) atoms. The molecular weight excluding hydrogens is 270 g/mol. The Labute approximate surface area is 127 Å². The first-order valence-electron chi connectivity index (χ1n) is 7.73. The summed E-state index contributed by atoms with van der Waals surface area (Å²) in [5.74, 6) is 1.27. The Morgan fingerprint density at radius 3 is 2.95 bits per heavy atom. The minimum Gasteiger partial charge on any atom is -0.508 e. The summed E-state index contributed by atoms with van der Waals surface area (Å²) in [5.41, 5.74) is 3.36. The fourth-order valence-electron chi connectivity index (χ4n) is 5.18. The van der Waals surface area contributed by atoms with Gasteiger partial charge < -0.3 is 10.0 Å². The van der Waals surface area contributed by atoms with Crippen LogP contribution in [0.2, 0.25) is 0 Å². The van der Waals surface area contributed by atoms with Crippen molar-refractivity contribution >= 4 is 12.4 Å². The molecule has 3 aliphatic rings. The molecule has 1 saturated heterocycles. The van der Waals surface area contributed by atoms with Gasteiger partial charge in [-0.3, -0.25) is 0 Å². The average Bonchev–Trinajstić information content (AvgIpc) is 2.43. The maximum absolute atomic E-state index is 9.91. The van der Waals surface area contributed by atoms with Crippen molar-refractivity contribution in [3.8, 4) is 5.75 Å². The van der Waals surface area contributed by atoms with Gasteiger partial charge in [0.15, 0.2) is 0 Å². The van der Waals surface area contributed by atoms with Crippen molar-refractivity contribution in [2.45, 2.75) is 50.0 Å². The van der Waals surface area contributed by atoms with Gasteiger partial charge in [-0.15, -0.1) is 12.4 Å². The molecule has 3 heteroatoms. The normalized spacial score (nSPS) is 35.6. The van der Waals surface area contributed by atoms with E-state index in [1.54, 1.807) is 0 Å². The van der Waals surface area contributed by atoms with Crippen LogP contribution in [0.15, 0.2) is 18.2 Å². The third kappa shape index (κ3) is 1.81. The minimum absolute atomic E-state index is 0. The fraction of sp³-hybridized carbons (Fsp3) is 0.647.